The van der Waals surface area contributed by atoms with E-state index in [0.29, 0.717) is 11.9 Å². The summed E-state index contributed by atoms with van der Waals surface area (Å²) in [6.07, 6.45) is 6.79. The van der Waals surface area contributed by atoms with Gasteiger partial charge < -0.3 is 15.0 Å². The minimum absolute atomic E-state index is 0.401. The van der Waals surface area contributed by atoms with Crippen molar-refractivity contribution in [3.05, 3.63) is 59.5 Å². The lowest BCUT2D eigenvalue weighted by Crippen LogP contribution is -2.48. The van der Waals surface area contributed by atoms with Crippen molar-refractivity contribution in [3.8, 4) is 0 Å². The summed E-state index contributed by atoms with van der Waals surface area (Å²) >= 11 is 0. The summed E-state index contributed by atoms with van der Waals surface area (Å²) in [7, 11) is 0. The first-order valence-electron chi connectivity index (χ1n) is 11.7. The second kappa shape index (κ2) is 10.1. The largest absolute Gasteiger partial charge is 0.377 e. The number of nitrogens with one attached hydrogen (secondary N) is 2. The number of ether oxygens (including phenoxy) is 1. The molecule has 0 spiro atoms. The van der Waals surface area contributed by atoms with E-state index in [1.165, 1.54) is 12.8 Å². The maximum atomic E-state index is 5.82. The third-order valence-corrected chi connectivity index (χ3v) is 6.10. The number of aryl methyl sites for hydroxylation is 1. The quantitative estimate of drug-likeness (QED) is 0.573. The smallest absolute Gasteiger partial charge is 0.156 e. The number of piperazine rings is 1. The molecule has 33 heavy (non-hydrogen) atoms. The number of benzene rings is 1. The number of hydrogen-bond acceptors (Lipinski definition) is 7. The topological polar surface area (TPSA) is 82.2 Å². The van der Waals surface area contributed by atoms with Crippen LogP contribution in [-0.4, -0.2) is 70.5 Å². The van der Waals surface area contributed by atoms with E-state index in [0.717, 1.165) is 68.0 Å². The lowest BCUT2D eigenvalue weighted by molar-refractivity contribution is 0.0712. The molecule has 2 fully saturated rings. The number of nitrogens with zero attached hydrogens (tertiary/aromatic N) is 5. The molecule has 2 aliphatic heterocycles. The van der Waals surface area contributed by atoms with Gasteiger partial charge in [-0.3, -0.25) is 10.00 Å². The molecule has 0 bridgehead atoms. The first-order valence-corrected chi connectivity index (χ1v) is 11.7. The molecule has 1 atom stereocenters. The molecule has 0 saturated carbocycles. The van der Waals surface area contributed by atoms with Gasteiger partial charge in [0.25, 0.3) is 0 Å². The van der Waals surface area contributed by atoms with Crippen molar-refractivity contribution in [2.45, 2.75) is 25.9 Å². The van der Waals surface area contributed by atoms with Gasteiger partial charge in [0.05, 0.1) is 6.10 Å². The Balaban J connectivity index is 1.32. The molecular weight excluding hydrogens is 414 g/mol. The van der Waals surface area contributed by atoms with Gasteiger partial charge in [0, 0.05) is 57.2 Å². The van der Waals surface area contributed by atoms with E-state index < -0.39 is 0 Å². The van der Waals surface area contributed by atoms with Gasteiger partial charge in [0.15, 0.2) is 11.6 Å². The zero-order valence-electron chi connectivity index (χ0n) is 19.1. The van der Waals surface area contributed by atoms with Gasteiger partial charge in [0.2, 0.25) is 0 Å². The maximum absolute atomic E-state index is 5.82. The van der Waals surface area contributed by atoms with Crippen molar-refractivity contribution in [2.75, 3.05) is 49.5 Å². The minimum Gasteiger partial charge on any atom is -0.377 e. The zero-order chi connectivity index (χ0) is 22.5. The monoisotopic (exact) mass is 445 g/mol. The number of anilines is 3. The van der Waals surface area contributed by atoms with Crippen LogP contribution in [0.15, 0.2) is 42.5 Å². The minimum atomic E-state index is 0.401. The van der Waals surface area contributed by atoms with Crippen molar-refractivity contribution in [2.24, 2.45) is 0 Å². The van der Waals surface area contributed by atoms with Crippen LogP contribution in [0.3, 0.4) is 0 Å². The number of hydrogen-bond donors (Lipinski definition) is 2. The molecule has 2 aromatic heterocycles. The fourth-order valence-electron chi connectivity index (χ4n) is 4.34. The number of rotatable bonds is 7. The molecule has 8 nitrogen and oxygen atoms in total. The van der Waals surface area contributed by atoms with E-state index >= 15 is 0 Å². The highest BCUT2D eigenvalue weighted by atomic mass is 16.5. The summed E-state index contributed by atoms with van der Waals surface area (Å²) < 4.78 is 5.82. The lowest BCUT2D eigenvalue weighted by atomic mass is 10.2. The van der Waals surface area contributed by atoms with Gasteiger partial charge in [-0.25, -0.2) is 9.97 Å². The average Bonchev–Trinajstić information content (AvgIpc) is 3.50. The molecule has 0 aliphatic carbocycles. The predicted molar refractivity (Wildman–Crippen MR) is 132 cm³/mol. The Morgan fingerprint density at radius 1 is 1.06 bits per heavy atom. The lowest BCUT2D eigenvalue weighted by Gasteiger charge is -2.36. The van der Waals surface area contributed by atoms with E-state index in [1.807, 2.05) is 49.4 Å². The zero-order valence-corrected chi connectivity index (χ0v) is 19.1. The third-order valence-electron chi connectivity index (χ3n) is 6.10. The van der Waals surface area contributed by atoms with Crippen LogP contribution >= 0.6 is 0 Å². The van der Waals surface area contributed by atoms with Gasteiger partial charge in [-0.1, -0.05) is 36.4 Å². The second-order valence-corrected chi connectivity index (χ2v) is 8.70. The van der Waals surface area contributed by atoms with Crippen LogP contribution in [0.25, 0.3) is 12.2 Å². The van der Waals surface area contributed by atoms with Crippen LogP contribution in [0.2, 0.25) is 0 Å². The average molecular weight is 446 g/mol. The molecule has 0 amide bonds. The third kappa shape index (κ3) is 5.77. The fraction of sp³-hybridized carbons (Fsp3) is 0.400. The van der Waals surface area contributed by atoms with Crippen molar-refractivity contribution >= 4 is 29.6 Å². The van der Waals surface area contributed by atoms with Crippen molar-refractivity contribution in [1.29, 1.82) is 0 Å². The first kappa shape index (κ1) is 21.6. The van der Waals surface area contributed by atoms with Crippen LogP contribution in [0.5, 0.6) is 0 Å². The normalized spacial score (nSPS) is 19.4. The highest BCUT2D eigenvalue weighted by Gasteiger charge is 2.24. The molecule has 2 saturated heterocycles. The summed E-state index contributed by atoms with van der Waals surface area (Å²) in [6.45, 7) is 7.83. The van der Waals surface area contributed by atoms with Gasteiger partial charge in [0.1, 0.15) is 11.6 Å². The molecule has 5 rings (SSSR count). The summed E-state index contributed by atoms with van der Waals surface area (Å²) in [5, 5.41) is 10.6. The second-order valence-electron chi connectivity index (χ2n) is 8.70. The van der Waals surface area contributed by atoms with E-state index in [2.05, 4.69) is 37.4 Å². The van der Waals surface area contributed by atoms with Gasteiger partial charge in [-0.15, -0.1) is 0 Å². The molecule has 8 heteroatoms. The molecule has 2 N–H and O–H groups in total. The molecule has 1 aromatic carbocycles. The molecule has 172 valence electrons. The van der Waals surface area contributed by atoms with E-state index in [4.69, 9.17) is 14.7 Å². The van der Waals surface area contributed by atoms with Crippen molar-refractivity contribution in [3.63, 3.8) is 0 Å². The molecule has 1 unspecified atom stereocenters. The Kier molecular flexibility index (Phi) is 6.64. The van der Waals surface area contributed by atoms with Crippen LogP contribution < -0.4 is 10.2 Å². The van der Waals surface area contributed by atoms with E-state index in [-0.39, 0.29) is 0 Å². The molecular formula is C25H31N7O. The highest BCUT2D eigenvalue weighted by molar-refractivity contribution is 5.69. The van der Waals surface area contributed by atoms with Crippen LogP contribution in [0.4, 0.5) is 17.5 Å². The summed E-state index contributed by atoms with van der Waals surface area (Å²) in [6, 6.07) is 14.2. The van der Waals surface area contributed by atoms with Crippen LogP contribution in [0.1, 0.15) is 29.9 Å². The Labute approximate surface area is 194 Å². The fourth-order valence-corrected chi connectivity index (χ4v) is 4.34. The predicted octanol–water partition coefficient (Wildman–Crippen LogP) is 3.72. The Hall–Kier alpha value is -3.23. The summed E-state index contributed by atoms with van der Waals surface area (Å²) in [5.74, 6) is 3.09. The van der Waals surface area contributed by atoms with E-state index in [1.54, 1.807) is 0 Å². The molecule has 0 radical (unpaired) electrons. The van der Waals surface area contributed by atoms with Gasteiger partial charge in [-0.05, 0) is 31.4 Å². The molecule has 2 aliphatic rings. The van der Waals surface area contributed by atoms with Crippen LogP contribution in [0, 0.1) is 6.92 Å². The first-order chi connectivity index (χ1) is 16.2. The Bertz CT molecular complexity index is 1070. The Morgan fingerprint density at radius 3 is 2.64 bits per heavy atom. The SMILES string of the molecule is Cc1cc(Nc2cc(N3CCN(CC4CCCO4)CC3)nc(/C=C/c3ccccc3)n2)n[nH]1. The standard InChI is InChI=1S/C25H31N7O/c1-19-16-24(30-29-19)27-23-17-25(28-22(26-23)10-9-20-6-3-2-4-7-20)32-13-11-31(12-14-32)18-21-8-5-15-33-21/h2-4,6-7,9-10,16-17,21H,5,8,11-15,18H2,1H3,(H2,26,27,28,29,30)/b10-9+. The highest BCUT2D eigenvalue weighted by Crippen LogP contribution is 2.22. The maximum Gasteiger partial charge on any atom is 0.156 e. The van der Waals surface area contributed by atoms with Crippen molar-refractivity contribution in [1.82, 2.24) is 25.1 Å². The Morgan fingerprint density at radius 2 is 1.91 bits per heavy atom. The van der Waals surface area contributed by atoms with E-state index in [9.17, 15) is 0 Å². The van der Waals surface area contributed by atoms with Crippen molar-refractivity contribution < 1.29 is 4.74 Å². The summed E-state index contributed by atoms with van der Waals surface area (Å²) in [4.78, 5) is 14.4. The molecule has 3 aromatic rings. The molecule has 4 heterocycles. The number of aromatic amines is 1. The number of H-pyrrole nitrogens is 1. The summed E-state index contributed by atoms with van der Waals surface area (Å²) in [5.41, 5.74) is 2.12. The van der Waals surface area contributed by atoms with Gasteiger partial charge >= 0.3 is 0 Å². The van der Waals surface area contributed by atoms with Gasteiger partial charge in [-0.2, -0.15) is 5.10 Å². The van der Waals surface area contributed by atoms with Crippen LogP contribution in [-0.2, 0) is 4.74 Å². The number of aromatic nitrogens is 4.